The number of likely N-dealkylation sites (tertiary alicyclic amines) is 1. The zero-order chi connectivity index (χ0) is 22.7. The van der Waals surface area contributed by atoms with Crippen molar-refractivity contribution >= 4 is 6.47 Å². The minimum absolute atomic E-state index is 0.0355. The smallest absolute Gasteiger partial charge is 0.290 e. The van der Waals surface area contributed by atoms with Crippen LogP contribution in [-0.2, 0) is 11.2 Å². The van der Waals surface area contributed by atoms with Crippen LogP contribution in [0.3, 0.4) is 0 Å². The van der Waals surface area contributed by atoms with E-state index in [0.29, 0.717) is 26.0 Å². The first-order valence-electron chi connectivity index (χ1n) is 10.4. The van der Waals surface area contributed by atoms with Crippen LogP contribution in [0.5, 0.6) is 11.5 Å². The average molecular weight is 432 g/mol. The molecule has 3 N–H and O–H groups in total. The number of aliphatic hydroxyl groups is 2. The Morgan fingerprint density at radius 3 is 2.55 bits per heavy atom. The quantitative estimate of drug-likeness (QED) is 0.552. The number of aliphatic hydroxyl groups excluding tert-OH is 2. The molecule has 1 fully saturated rings. The molecule has 1 heterocycles. The van der Waals surface area contributed by atoms with Crippen LogP contribution >= 0.6 is 0 Å². The lowest BCUT2D eigenvalue weighted by Gasteiger charge is -2.45. The zero-order valence-corrected chi connectivity index (χ0v) is 18.2. The van der Waals surface area contributed by atoms with Crippen LogP contribution in [0.15, 0.2) is 48.5 Å². The highest BCUT2D eigenvalue weighted by molar-refractivity contribution is 5.42. The normalized spacial score (nSPS) is 21.0. The van der Waals surface area contributed by atoms with Crippen LogP contribution in [0.25, 0.3) is 0 Å². The van der Waals surface area contributed by atoms with E-state index in [9.17, 15) is 10.2 Å². The number of aryl methyl sites for hydroxylation is 1. The lowest BCUT2D eigenvalue weighted by Crippen LogP contribution is -2.55. The van der Waals surface area contributed by atoms with Crippen LogP contribution < -0.4 is 9.47 Å². The molecule has 0 spiro atoms. The molecule has 0 amide bonds. The van der Waals surface area contributed by atoms with E-state index < -0.39 is 11.5 Å². The van der Waals surface area contributed by atoms with Gasteiger partial charge in [-0.1, -0.05) is 36.4 Å². The van der Waals surface area contributed by atoms with Gasteiger partial charge in [-0.05, 0) is 43.0 Å². The van der Waals surface area contributed by atoms with E-state index in [1.807, 2.05) is 43.3 Å². The molecule has 7 heteroatoms. The molecule has 7 nitrogen and oxygen atoms in total. The summed E-state index contributed by atoms with van der Waals surface area (Å²) in [7, 11) is 1.65. The Morgan fingerprint density at radius 1 is 1.19 bits per heavy atom. The third kappa shape index (κ3) is 6.95. The van der Waals surface area contributed by atoms with Gasteiger partial charge in [-0.25, -0.2) is 0 Å². The number of rotatable bonds is 8. The summed E-state index contributed by atoms with van der Waals surface area (Å²) in [5, 5.41) is 27.7. The Labute approximate surface area is 183 Å². The Bertz CT molecular complexity index is 800. The van der Waals surface area contributed by atoms with Gasteiger partial charge in [0.1, 0.15) is 6.61 Å². The third-order valence-electron chi connectivity index (χ3n) is 5.66. The predicted octanol–water partition coefficient (Wildman–Crippen LogP) is 2.37. The number of hydrogen-bond donors (Lipinski definition) is 3. The van der Waals surface area contributed by atoms with Crippen molar-refractivity contribution in [2.75, 3.05) is 40.0 Å². The van der Waals surface area contributed by atoms with Gasteiger partial charge in [0.25, 0.3) is 6.47 Å². The summed E-state index contributed by atoms with van der Waals surface area (Å²) in [6.45, 7) is 4.45. The molecule has 3 rings (SSSR count). The van der Waals surface area contributed by atoms with E-state index in [-0.39, 0.29) is 13.1 Å². The largest absolute Gasteiger partial charge is 0.493 e. The number of ether oxygens (including phenoxy) is 2. The summed E-state index contributed by atoms with van der Waals surface area (Å²) in [6.07, 6.45) is 0.808. The molecular weight excluding hydrogens is 398 g/mol. The molecule has 0 aliphatic carbocycles. The zero-order valence-electron chi connectivity index (χ0n) is 18.2. The number of benzene rings is 2. The van der Waals surface area contributed by atoms with Gasteiger partial charge in [-0.3, -0.25) is 9.69 Å². The van der Waals surface area contributed by atoms with Crippen LogP contribution in [0.1, 0.15) is 17.5 Å². The fourth-order valence-electron chi connectivity index (χ4n) is 4.00. The number of hydrogen-bond acceptors (Lipinski definition) is 6. The summed E-state index contributed by atoms with van der Waals surface area (Å²) in [4.78, 5) is 10.6. The van der Waals surface area contributed by atoms with Crippen molar-refractivity contribution in [3.05, 3.63) is 59.7 Å². The van der Waals surface area contributed by atoms with Crippen molar-refractivity contribution in [2.45, 2.75) is 25.9 Å². The molecule has 2 atom stereocenters. The van der Waals surface area contributed by atoms with Crippen molar-refractivity contribution in [2.24, 2.45) is 5.41 Å². The second kappa shape index (κ2) is 12.3. The first-order chi connectivity index (χ1) is 15.0. The fraction of sp³-hybridized carbons (Fsp3) is 0.458. The van der Waals surface area contributed by atoms with Gasteiger partial charge in [0.15, 0.2) is 11.5 Å². The number of piperidine rings is 1. The van der Waals surface area contributed by atoms with Gasteiger partial charge in [0, 0.05) is 25.0 Å². The molecule has 31 heavy (non-hydrogen) atoms. The third-order valence-corrected chi connectivity index (χ3v) is 5.66. The summed E-state index contributed by atoms with van der Waals surface area (Å²) >= 11 is 0. The van der Waals surface area contributed by atoms with Gasteiger partial charge in [-0.15, -0.1) is 0 Å². The first kappa shape index (κ1) is 24.7. The van der Waals surface area contributed by atoms with E-state index >= 15 is 0 Å². The average Bonchev–Trinajstić information content (AvgIpc) is 2.78. The van der Waals surface area contributed by atoms with E-state index in [1.165, 1.54) is 0 Å². The van der Waals surface area contributed by atoms with Crippen molar-refractivity contribution < 1.29 is 29.6 Å². The minimum Gasteiger partial charge on any atom is -0.493 e. The van der Waals surface area contributed by atoms with E-state index in [2.05, 4.69) is 17.0 Å². The number of methoxy groups -OCH3 is 1. The Kier molecular flexibility index (Phi) is 9.78. The van der Waals surface area contributed by atoms with Crippen molar-refractivity contribution in [3.8, 4) is 11.5 Å². The molecule has 0 bridgehead atoms. The first-order valence-corrected chi connectivity index (χ1v) is 10.4. The molecule has 2 aromatic rings. The number of carbonyl (C=O) groups is 1. The Hall–Kier alpha value is -2.61. The second-order valence-corrected chi connectivity index (χ2v) is 7.87. The van der Waals surface area contributed by atoms with Crippen molar-refractivity contribution in [1.82, 2.24) is 4.90 Å². The molecule has 0 radical (unpaired) electrons. The number of carboxylic acid groups (broad SMARTS) is 1. The maximum atomic E-state index is 10.7. The standard InChI is InChI=1S/C23H31NO4.CH2O2/c1-18-8-9-20(21(14-18)27-2)28-13-12-24-11-10-22(26)23(16-24,17-25)15-19-6-4-3-5-7-19;2-1-3/h3-9,14,22,25-26H,10-13,15-17H2,1-2H3;1H,(H,2,3)/t22-,23+;/m0./s1. The van der Waals surface area contributed by atoms with Crippen molar-refractivity contribution in [1.29, 1.82) is 0 Å². The molecule has 2 aromatic carbocycles. The van der Waals surface area contributed by atoms with E-state index in [4.69, 9.17) is 19.4 Å². The maximum absolute atomic E-state index is 10.7. The monoisotopic (exact) mass is 431 g/mol. The van der Waals surface area contributed by atoms with Crippen LogP contribution in [0, 0.1) is 12.3 Å². The Morgan fingerprint density at radius 2 is 1.90 bits per heavy atom. The molecular formula is C24H33NO6. The molecule has 0 saturated carbocycles. The highest BCUT2D eigenvalue weighted by Gasteiger charge is 2.42. The highest BCUT2D eigenvalue weighted by Crippen LogP contribution is 2.34. The van der Waals surface area contributed by atoms with Crippen LogP contribution in [0.2, 0.25) is 0 Å². The number of nitrogens with zero attached hydrogens (tertiary/aromatic N) is 1. The fourth-order valence-corrected chi connectivity index (χ4v) is 4.00. The SMILES string of the molecule is COc1cc(C)ccc1OCCN1CC[C@H](O)[C@](CO)(Cc2ccccc2)C1.O=CO. The summed E-state index contributed by atoms with van der Waals surface area (Å²) in [5.41, 5.74) is 1.72. The molecule has 1 aliphatic rings. The van der Waals surface area contributed by atoms with E-state index in [1.54, 1.807) is 7.11 Å². The summed E-state index contributed by atoms with van der Waals surface area (Å²) in [6, 6.07) is 16.0. The molecule has 1 saturated heterocycles. The maximum Gasteiger partial charge on any atom is 0.290 e. The van der Waals surface area contributed by atoms with E-state index in [0.717, 1.165) is 35.7 Å². The summed E-state index contributed by atoms with van der Waals surface area (Å²) in [5.74, 6) is 1.48. The van der Waals surface area contributed by atoms with Gasteiger partial charge in [0.05, 0.1) is 19.8 Å². The molecule has 0 unspecified atom stereocenters. The predicted molar refractivity (Wildman–Crippen MR) is 119 cm³/mol. The van der Waals surface area contributed by atoms with Gasteiger partial charge in [0.2, 0.25) is 0 Å². The van der Waals surface area contributed by atoms with Crippen LogP contribution in [0.4, 0.5) is 0 Å². The van der Waals surface area contributed by atoms with Gasteiger partial charge >= 0.3 is 0 Å². The lowest BCUT2D eigenvalue weighted by atomic mass is 9.73. The lowest BCUT2D eigenvalue weighted by molar-refractivity contribution is -0.122. The van der Waals surface area contributed by atoms with Gasteiger partial charge < -0.3 is 24.8 Å². The van der Waals surface area contributed by atoms with Crippen molar-refractivity contribution in [3.63, 3.8) is 0 Å². The highest BCUT2D eigenvalue weighted by atomic mass is 16.5. The Balaban J connectivity index is 0.00000107. The second-order valence-electron chi connectivity index (χ2n) is 7.87. The van der Waals surface area contributed by atoms with Crippen LogP contribution in [-0.4, -0.2) is 72.8 Å². The molecule has 0 aromatic heterocycles. The molecule has 170 valence electrons. The minimum atomic E-state index is -0.541. The summed E-state index contributed by atoms with van der Waals surface area (Å²) < 4.78 is 11.3. The topological polar surface area (TPSA) is 99.5 Å². The molecule has 1 aliphatic heterocycles. The van der Waals surface area contributed by atoms with Gasteiger partial charge in [-0.2, -0.15) is 0 Å².